The number of amides is 1. The number of rotatable bonds is 6. The van der Waals surface area contributed by atoms with Gasteiger partial charge in [-0.2, -0.15) is 0 Å². The van der Waals surface area contributed by atoms with E-state index in [4.69, 9.17) is 0 Å². The average molecular weight is 419 g/mol. The molecule has 2 aliphatic rings. The van der Waals surface area contributed by atoms with E-state index in [1.807, 2.05) is 43.0 Å². The summed E-state index contributed by atoms with van der Waals surface area (Å²) >= 11 is 0. The molecule has 2 aliphatic heterocycles. The number of piperidine rings is 1. The van der Waals surface area contributed by atoms with E-state index >= 15 is 0 Å². The Kier molecular flexibility index (Phi) is 6.47. The third kappa shape index (κ3) is 4.27. The van der Waals surface area contributed by atoms with Crippen LogP contribution >= 0.6 is 0 Å². The van der Waals surface area contributed by atoms with Gasteiger partial charge in [0.25, 0.3) is 5.91 Å². The first-order valence-corrected chi connectivity index (χ1v) is 11.7. The Bertz CT molecular complexity index is 943. The van der Waals surface area contributed by atoms with Crippen LogP contribution in [-0.2, 0) is 0 Å². The molecule has 1 amide bonds. The maximum atomic E-state index is 12.7. The summed E-state index contributed by atoms with van der Waals surface area (Å²) < 4.78 is 0. The van der Waals surface area contributed by atoms with E-state index in [2.05, 4.69) is 30.0 Å². The lowest BCUT2D eigenvalue weighted by molar-refractivity contribution is 0.0773. The van der Waals surface area contributed by atoms with Crippen LogP contribution in [0.3, 0.4) is 0 Å². The largest absolute Gasteiger partial charge is 0.508 e. The number of benzene rings is 2. The number of carbonyl (C=O) groups excluding carboxylic acids is 1. The Hall–Kier alpha value is -2.59. The van der Waals surface area contributed by atoms with E-state index < -0.39 is 0 Å². The predicted molar refractivity (Wildman–Crippen MR) is 126 cm³/mol. The van der Waals surface area contributed by atoms with Crippen LogP contribution in [0.15, 0.2) is 54.1 Å². The van der Waals surface area contributed by atoms with Crippen molar-refractivity contribution in [1.29, 1.82) is 0 Å². The molecule has 2 fully saturated rings. The molecule has 0 spiro atoms. The second kappa shape index (κ2) is 9.27. The molecule has 2 saturated heterocycles. The monoisotopic (exact) mass is 418 g/mol. The van der Waals surface area contributed by atoms with Crippen LogP contribution in [0.25, 0.3) is 5.57 Å². The quantitative estimate of drug-likeness (QED) is 0.690. The molecule has 2 aromatic carbocycles. The van der Waals surface area contributed by atoms with Gasteiger partial charge in [-0.25, -0.2) is 0 Å². The molecule has 0 saturated carbocycles. The van der Waals surface area contributed by atoms with E-state index in [-0.39, 0.29) is 11.7 Å². The third-order valence-electron chi connectivity index (χ3n) is 7.06. The lowest BCUT2D eigenvalue weighted by Gasteiger charge is -2.36. The van der Waals surface area contributed by atoms with Crippen molar-refractivity contribution in [3.63, 3.8) is 0 Å². The SMILES string of the molecule is CCN(CC)C(=O)c1ccc(C(=C2CC3CCC(C2)N3CC)c2cccc(O)c2)cc1. The van der Waals surface area contributed by atoms with Gasteiger partial charge in [-0.3, -0.25) is 9.69 Å². The molecule has 2 bridgehead atoms. The number of phenolic OH excluding ortho intramolecular Hbond substituents is 1. The number of aromatic hydroxyl groups is 1. The Balaban J connectivity index is 1.74. The molecule has 0 radical (unpaired) electrons. The van der Waals surface area contributed by atoms with Crippen molar-refractivity contribution in [2.75, 3.05) is 19.6 Å². The number of carbonyl (C=O) groups is 1. The number of fused-ring (bicyclic) bond motifs is 2. The smallest absolute Gasteiger partial charge is 0.253 e. The third-order valence-corrected chi connectivity index (χ3v) is 7.06. The van der Waals surface area contributed by atoms with Gasteiger partial charge in [0, 0.05) is 30.7 Å². The minimum Gasteiger partial charge on any atom is -0.508 e. The van der Waals surface area contributed by atoms with Crippen molar-refractivity contribution >= 4 is 11.5 Å². The maximum Gasteiger partial charge on any atom is 0.253 e. The standard InChI is InChI=1S/C27H34N2O2/c1-4-28(5-2)27(31)20-12-10-19(11-13-20)26(21-8-7-9-25(30)18-21)22-16-23-14-15-24(17-22)29(23)6-3/h7-13,18,23-24,30H,4-6,14-17H2,1-3H3. The fourth-order valence-corrected chi connectivity index (χ4v) is 5.54. The molecular formula is C27H34N2O2. The predicted octanol–water partition coefficient (Wildman–Crippen LogP) is 5.32. The maximum absolute atomic E-state index is 12.7. The molecule has 2 unspecified atom stereocenters. The van der Waals surface area contributed by atoms with E-state index in [1.165, 1.54) is 24.0 Å². The zero-order valence-electron chi connectivity index (χ0n) is 19.0. The highest BCUT2D eigenvalue weighted by atomic mass is 16.3. The van der Waals surface area contributed by atoms with E-state index in [0.717, 1.165) is 36.1 Å². The molecule has 0 aromatic heterocycles. The minimum absolute atomic E-state index is 0.0809. The van der Waals surface area contributed by atoms with Crippen LogP contribution in [0.1, 0.15) is 67.9 Å². The normalized spacial score (nSPS) is 20.7. The van der Waals surface area contributed by atoms with Crippen LogP contribution in [0, 0.1) is 0 Å². The summed E-state index contributed by atoms with van der Waals surface area (Å²) in [7, 11) is 0. The second-order valence-corrected chi connectivity index (χ2v) is 8.71. The summed E-state index contributed by atoms with van der Waals surface area (Å²) in [5, 5.41) is 10.2. The highest BCUT2D eigenvalue weighted by Crippen LogP contribution is 2.43. The first-order valence-electron chi connectivity index (χ1n) is 11.7. The van der Waals surface area contributed by atoms with Gasteiger partial charge < -0.3 is 10.0 Å². The molecule has 1 N–H and O–H groups in total. The minimum atomic E-state index is 0.0809. The van der Waals surface area contributed by atoms with Crippen LogP contribution < -0.4 is 0 Å². The van der Waals surface area contributed by atoms with Gasteiger partial charge in [0.05, 0.1) is 0 Å². The van der Waals surface area contributed by atoms with Crippen molar-refractivity contribution in [2.45, 2.75) is 58.5 Å². The number of hydrogen-bond donors (Lipinski definition) is 1. The fraction of sp³-hybridized carbons (Fsp3) is 0.444. The Morgan fingerprint density at radius 3 is 2.10 bits per heavy atom. The molecule has 4 heteroatoms. The zero-order valence-corrected chi connectivity index (χ0v) is 19.0. The average Bonchev–Trinajstić information content (AvgIpc) is 3.03. The summed E-state index contributed by atoms with van der Waals surface area (Å²) in [4.78, 5) is 17.3. The van der Waals surface area contributed by atoms with Gasteiger partial charge >= 0.3 is 0 Å². The van der Waals surface area contributed by atoms with Crippen molar-refractivity contribution in [1.82, 2.24) is 9.80 Å². The zero-order chi connectivity index (χ0) is 22.0. The van der Waals surface area contributed by atoms with Gasteiger partial charge in [-0.05, 0) is 87.0 Å². The molecule has 2 atom stereocenters. The second-order valence-electron chi connectivity index (χ2n) is 8.71. The Morgan fingerprint density at radius 1 is 0.935 bits per heavy atom. The molecule has 2 heterocycles. The van der Waals surface area contributed by atoms with Crippen LogP contribution in [0.2, 0.25) is 0 Å². The summed E-state index contributed by atoms with van der Waals surface area (Å²) in [6.45, 7) is 8.83. The molecule has 164 valence electrons. The van der Waals surface area contributed by atoms with Gasteiger partial charge in [0.1, 0.15) is 5.75 Å². The topological polar surface area (TPSA) is 43.8 Å². The Labute approximate surface area is 186 Å². The van der Waals surface area contributed by atoms with Crippen molar-refractivity contribution in [3.05, 3.63) is 70.8 Å². The summed E-state index contributed by atoms with van der Waals surface area (Å²) in [5.41, 5.74) is 5.62. The molecule has 0 aliphatic carbocycles. The Morgan fingerprint density at radius 2 is 1.55 bits per heavy atom. The van der Waals surface area contributed by atoms with Gasteiger partial charge in [-0.15, -0.1) is 0 Å². The van der Waals surface area contributed by atoms with E-state index in [0.29, 0.717) is 25.2 Å². The number of hydrogen-bond acceptors (Lipinski definition) is 3. The molecule has 2 aromatic rings. The highest BCUT2D eigenvalue weighted by molar-refractivity contribution is 5.95. The van der Waals surface area contributed by atoms with E-state index in [1.54, 1.807) is 6.07 Å². The molecule has 4 rings (SSSR count). The van der Waals surface area contributed by atoms with Crippen molar-refractivity contribution in [3.8, 4) is 5.75 Å². The highest BCUT2D eigenvalue weighted by Gasteiger charge is 2.38. The van der Waals surface area contributed by atoms with Crippen molar-refractivity contribution in [2.24, 2.45) is 0 Å². The van der Waals surface area contributed by atoms with Gasteiger partial charge in [0.15, 0.2) is 0 Å². The molecule has 31 heavy (non-hydrogen) atoms. The lowest BCUT2D eigenvalue weighted by Crippen LogP contribution is -2.40. The van der Waals surface area contributed by atoms with Gasteiger partial charge in [-0.1, -0.05) is 36.8 Å². The van der Waals surface area contributed by atoms with Crippen LogP contribution in [-0.4, -0.2) is 52.5 Å². The van der Waals surface area contributed by atoms with E-state index in [9.17, 15) is 9.90 Å². The number of nitrogens with zero attached hydrogens (tertiary/aromatic N) is 2. The number of phenols is 1. The first kappa shape index (κ1) is 21.6. The van der Waals surface area contributed by atoms with Crippen molar-refractivity contribution < 1.29 is 9.90 Å². The summed E-state index contributed by atoms with van der Waals surface area (Å²) in [5.74, 6) is 0.371. The summed E-state index contributed by atoms with van der Waals surface area (Å²) in [6.07, 6.45) is 4.70. The van der Waals surface area contributed by atoms with Crippen LogP contribution in [0.4, 0.5) is 0 Å². The molecular weight excluding hydrogens is 384 g/mol. The lowest BCUT2D eigenvalue weighted by atomic mass is 9.85. The molecule has 4 nitrogen and oxygen atoms in total. The summed E-state index contributed by atoms with van der Waals surface area (Å²) in [6, 6.07) is 16.9. The first-order chi connectivity index (χ1) is 15.0. The fourth-order valence-electron chi connectivity index (χ4n) is 5.54. The van der Waals surface area contributed by atoms with Crippen LogP contribution in [0.5, 0.6) is 5.75 Å². The van der Waals surface area contributed by atoms with Gasteiger partial charge in [0.2, 0.25) is 0 Å².